The molecular formula is C28H63NO4Si4. The number of isocyanates is 1. The molecule has 0 rings (SSSR count). The molecule has 220 valence electrons. The second-order valence-electron chi connectivity index (χ2n) is 13.9. The van der Waals surface area contributed by atoms with Crippen molar-refractivity contribution in [1.29, 1.82) is 0 Å². The zero-order valence-electron chi connectivity index (χ0n) is 26.8. The quantitative estimate of drug-likeness (QED) is 0.0546. The maximum Gasteiger partial charge on any atom is 0.234 e. The number of carbonyl (C=O) groups excluding carboxylic acids is 1. The van der Waals surface area contributed by atoms with Crippen LogP contribution >= 0.6 is 0 Å². The molecule has 0 bridgehead atoms. The van der Waals surface area contributed by atoms with E-state index in [1.807, 2.05) is 0 Å². The third-order valence-corrected chi connectivity index (χ3v) is 20.8. The molecule has 0 saturated carbocycles. The molecule has 0 aliphatic carbocycles. The number of aliphatic imine (C=N–C) groups is 1. The Hall–Kier alpha value is 0.128. The molecule has 0 aromatic carbocycles. The van der Waals surface area contributed by atoms with Crippen molar-refractivity contribution in [3.63, 3.8) is 0 Å². The van der Waals surface area contributed by atoms with Crippen LogP contribution < -0.4 is 0 Å². The van der Waals surface area contributed by atoms with Gasteiger partial charge in [-0.2, -0.15) is 0 Å². The number of hydrogen-bond acceptors (Lipinski definition) is 5. The molecule has 0 radical (unpaired) electrons. The van der Waals surface area contributed by atoms with Crippen molar-refractivity contribution < 1.29 is 18.1 Å². The predicted octanol–water partition coefficient (Wildman–Crippen LogP) is 9.22. The normalized spacial score (nSPS) is 13.6. The summed E-state index contributed by atoms with van der Waals surface area (Å²) in [4.78, 5) is 14.6. The van der Waals surface area contributed by atoms with E-state index in [2.05, 4.69) is 85.8 Å². The van der Waals surface area contributed by atoms with Crippen LogP contribution in [0.2, 0.25) is 81.6 Å². The van der Waals surface area contributed by atoms with E-state index in [9.17, 15) is 4.79 Å². The first-order chi connectivity index (χ1) is 16.9. The van der Waals surface area contributed by atoms with E-state index in [0.29, 0.717) is 24.9 Å². The summed E-state index contributed by atoms with van der Waals surface area (Å²) >= 11 is 0. The summed E-state index contributed by atoms with van der Waals surface area (Å²) in [5, 5.41) is 0. The van der Waals surface area contributed by atoms with Crippen LogP contribution in [0.4, 0.5) is 0 Å². The van der Waals surface area contributed by atoms with Crippen LogP contribution in [-0.2, 0) is 18.1 Å². The highest BCUT2D eigenvalue weighted by Gasteiger charge is 2.35. The Balaban J connectivity index is 5.62. The lowest BCUT2D eigenvalue weighted by Gasteiger charge is -2.36. The number of hydrogen-bond donors (Lipinski definition) is 0. The lowest BCUT2D eigenvalue weighted by Crippen LogP contribution is -2.39. The Bertz CT molecular complexity index is 593. The Morgan fingerprint density at radius 1 is 0.541 bits per heavy atom. The highest BCUT2D eigenvalue weighted by atomic mass is 28.4. The van der Waals surface area contributed by atoms with E-state index in [4.69, 9.17) is 13.3 Å². The molecule has 0 aromatic rings. The summed E-state index contributed by atoms with van der Waals surface area (Å²) in [5.41, 5.74) is 0. The maximum absolute atomic E-state index is 10.7. The summed E-state index contributed by atoms with van der Waals surface area (Å²) < 4.78 is 19.1. The molecule has 0 aromatic heterocycles. The Kier molecular flexibility index (Phi) is 17.8. The first-order valence-corrected chi connectivity index (χ1v) is 27.2. The van der Waals surface area contributed by atoms with Gasteiger partial charge in [0, 0.05) is 18.3 Å². The number of rotatable bonds is 22. The maximum atomic E-state index is 10.7. The third kappa shape index (κ3) is 19.8. The number of nitrogens with zero attached hydrogens (tertiary/aromatic N) is 1. The molecule has 9 heteroatoms. The van der Waals surface area contributed by atoms with Crippen molar-refractivity contribution in [3.8, 4) is 0 Å². The second-order valence-corrected chi connectivity index (χ2v) is 31.7. The summed E-state index contributed by atoms with van der Waals surface area (Å²) in [7, 11) is -6.48. The highest BCUT2D eigenvalue weighted by Crippen LogP contribution is 2.36. The first-order valence-electron chi connectivity index (χ1n) is 15.0. The van der Waals surface area contributed by atoms with Gasteiger partial charge in [0.25, 0.3) is 0 Å². The van der Waals surface area contributed by atoms with Crippen LogP contribution in [0.1, 0.15) is 67.2 Å². The molecule has 0 unspecified atom stereocenters. The Morgan fingerprint density at radius 3 is 1.11 bits per heavy atom. The Labute approximate surface area is 235 Å². The van der Waals surface area contributed by atoms with E-state index >= 15 is 0 Å². The fraction of sp³-hybridized carbons (Fsp3) is 0.964. The molecule has 0 aliphatic rings. The van der Waals surface area contributed by atoms with Crippen LogP contribution in [0.3, 0.4) is 0 Å². The predicted molar refractivity (Wildman–Crippen MR) is 172 cm³/mol. The molecule has 0 saturated heterocycles. The molecule has 5 nitrogen and oxygen atoms in total. The second kappa shape index (κ2) is 17.7. The minimum Gasteiger partial charge on any atom is -0.415 e. The van der Waals surface area contributed by atoms with Gasteiger partial charge in [-0.1, -0.05) is 43.4 Å². The van der Waals surface area contributed by atoms with Gasteiger partial charge in [-0.25, -0.2) is 9.79 Å². The fourth-order valence-corrected chi connectivity index (χ4v) is 19.6. The van der Waals surface area contributed by atoms with Gasteiger partial charge < -0.3 is 13.3 Å². The van der Waals surface area contributed by atoms with E-state index in [0.717, 1.165) is 6.42 Å². The lowest BCUT2D eigenvalue weighted by atomic mass is 10.5. The highest BCUT2D eigenvalue weighted by molar-refractivity contribution is 6.80. The van der Waals surface area contributed by atoms with Crippen molar-refractivity contribution in [1.82, 2.24) is 0 Å². The lowest BCUT2D eigenvalue weighted by molar-refractivity contribution is 0.230. The molecule has 0 amide bonds. The van der Waals surface area contributed by atoms with E-state index < -0.39 is 33.0 Å². The van der Waals surface area contributed by atoms with Gasteiger partial charge in [0.2, 0.25) is 6.08 Å². The Morgan fingerprint density at radius 2 is 0.838 bits per heavy atom. The van der Waals surface area contributed by atoms with E-state index in [1.165, 1.54) is 61.6 Å². The van der Waals surface area contributed by atoms with Crippen molar-refractivity contribution in [2.45, 2.75) is 167 Å². The zero-order chi connectivity index (χ0) is 28.8. The fourth-order valence-electron chi connectivity index (χ4n) is 6.09. The van der Waals surface area contributed by atoms with E-state index in [-0.39, 0.29) is 0 Å². The monoisotopic (exact) mass is 589 g/mol. The third-order valence-electron chi connectivity index (χ3n) is 7.16. The van der Waals surface area contributed by atoms with Crippen LogP contribution in [0.15, 0.2) is 4.99 Å². The minimum absolute atomic E-state index is 0.311. The summed E-state index contributed by atoms with van der Waals surface area (Å²) in [6.45, 7) is 27.9. The summed E-state index contributed by atoms with van der Waals surface area (Å²) in [6.07, 6.45) is 7.55. The van der Waals surface area contributed by atoms with Gasteiger partial charge in [-0.05, 0) is 105 Å². The van der Waals surface area contributed by atoms with Crippen LogP contribution in [-0.4, -0.2) is 64.0 Å². The van der Waals surface area contributed by atoms with E-state index in [1.54, 1.807) is 6.08 Å². The standard InChI is InChI=1S/C28H63NO4Si4/c1-26(2)31-34(7,8)18-14-22-37(21-13-17-29-25-30,23-15-19-35(9,10)32-27(3)4)24-16-20-36(11,12)33-28(5)6/h26-28H,13-24H2,1-12H3. The van der Waals surface area contributed by atoms with Crippen molar-refractivity contribution in [2.24, 2.45) is 4.99 Å². The topological polar surface area (TPSA) is 57.1 Å². The van der Waals surface area contributed by atoms with Gasteiger partial charge >= 0.3 is 0 Å². The molecule has 0 spiro atoms. The van der Waals surface area contributed by atoms with Gasteiger partial charge in [-0.3, -0.25) is 0 Å². The first kappa shape index (κ1) is 37.1. The average Bonchev–Trinajstić information content (AvgIpc) is 2.67. The summed E-state index contributed by atoms with van der Waals surface area (Å²) in [6, 6.07) is 9.09. The van der Waals surface area contributed by atoms with Crippen LogP contribution in [0.25, 0.3) is 0 Å². The molecule has 37 heavy (non-hydrogen) atoms. The van der Waals surface area contributed by atoms with Crippen molar-refractivity contribution >= 4 is 39.1 Å². The molecular weight excluding hydrogens is 527 g/mol. The van der Waals surface area contributed by atoms with Crippen LogP contribution in [0, 0.1) is 0 Å². The largest absolute Gasteiger partial charge is 0.415 e. The van der Waals surface area contributed by atoms with Gasteiger partial charge in [-0.15, -0.1) is 0 Å². The average molecular weight is 590 g/mol. The van der Waals surface area contributed by atoms with Gasteiger partial charge in [0.05, 0.1) is 14.6 Å². The molecule has 0 heterocycles. The minimum atomic E-state index is -1.64. The van der Waals surface area contributed by atoms with Gasteiger partial charge in [0.15, 0.2) is 25.0 Å². The van der Waals surface area contributed by atoms with Crippen molar-refractivity contribution in [2.75, 3.05) is 6.54 Å². The molecule has 0 N–H and O–H groups in total. The van der Waals surface area contributed by atoms with Crippen molar-refractivity contribution in [3.05, 3.63) is 0 Å². The summed E-state index contributed by atoms with van der Waals surface area (Å²) in [5.74, 6) is 0. The molecule has 0 aliphatic heterocycles. The van der Waals surface area contributed by atoms with Crippen LogP contribution in [0.5, 0.6) is 0 Å². The van der Waals surface area contributed by atoms with Gasteiger partial charge in [0.1, 0.15) is 0 Å². The molecule has 0 fully saturated rings. The zero-order valence-corrected chi connectivity index (χ0v) is 30.8. The molecule has 0 atom stereocenters. The smallest absolute Gasteiger partial charge is 0.234 e. The SMILES string of the molecule is CC(C)O[Si](C)(C)CCC[Si](CCCN=C=O)(CCC[Si](C)(C)OC(C)C)CCC[Si](C)(C)OC(C)C.